The fourth-order valence-corrected chi connectivity index (χ4v) is 4.37. The van der Waals surface area contributed by atoms with E-state index in [0.717, 1.165) is 31.2 Å². The summed E-state index contributed by atoms with van der Waals surface area (Å²) < 4.78 is 19.9. The van der Waals surface area contributed by atoms with Crippen LogP contribution in [-0.4, -0.2) is 70.8 Å². The number of carbonyl (C=O) groups is 1. The van der Waals surface area contributed by atoms with Gasteiger partial charge in [-0.05, 0) is 30.5 Å². The normalized spacial score (nSPS) is 18.3. The van der Waals surface area contributed by atoms with Crippen molar-refractivity contribution in [3.05, 3.63) is 29.6 Å². The molecular weight excluding hydrogens is 512 g/mol. The molecule has 1 saturated heterocycles. The Balaban J connectivity index is 0.00000341. The van der Waals surface area contributed by atoms with Crippen molar-refractivity contribution in [1.29, 1.82) is 0 Å². The third-order valence-corrected chi connectivity index (χ3v) is 6.06. The first-order valence-electron chi connectivity index (χ1n) is 10.7. The van der Waals surface area contributed by atoms with Crippen molar-refractivity contribution in [3.8, 4) is 0 Å². The molecule has 31 heavy (non-hydrogen) atoms. The zero-order valence-electron chi connectivity index (χ0n) is 18.7. The quantitative estimate of drug-likeness (QED) is 0.326. The maximum absolute atomic E-state index is 14.6. The minimum Gasteiger partial charge on any atom is -0.378 e. The number of carbonyl (C=O) groups excluding carboxylic acids is 1. The molecule has 0 spiro atoms. The zero-order chi connectivity index (χ0) is 21.6. The number of anilines is 1. The number of hydrogen-bond acceptors (Lipinski definition) is 4. The molecule has 174 valence electrons. The van der Waals surface area contributed by atoms with Gasteiger partial charge in [0.1, 0.15) is 5.82 Å². The van der Waals surface area contributed by atoms with Gasteiger partial charge in [-0.3, -0.25) is 9.79 Å². The van der Waals surface area contributed by atoms with Crippen LogP contribution in [0.25, 0.3) is 0 Å². The summed E-state index contributed by atoms with van der Waals surface area (Å²) in [5, 5.41) is 6.55. The Kier molecular flexibility index (Phi) is 9.80. The second kappa shape index (κ2) is 11.8. The Labute approximate surface area is 201 Å². The lowest BCUT2D eigenvalue weighted by Crippen LogP contribution is -2.49. The van der Waals surface area contributed by atoms with E-state index in [1.165, 1.54) is 0 Å². The maximum atomic E-state index is 14.6. The van der Waals surface area contributed by atoms with Gasteiger partial charge in [-0.15, -0.1) is 24.0 Å². The van der Waals surface area contributed by atoms with Crippen LogP contribution in [0.15, 0.2) is 23.2 Å². The van der Waals surface area contributed by atoms with Crippen LogP contribution in [-0.2, 0) is 16.1 Å². The summed E-state index contributed by atoms with van der Waals surface area (Å²) >= 11 is 0. The fourth-order valence-electron chi connectivity index (χ4n) is 4.37. The van der Waals surface area contributed by atoms with Crippen LogP contribution in [0.4, 0.5) is 10.1 Å². The highest BCUT2D eigenvalue weighted by Crippen LogP contribution is 2.38. The van der Waals surface area contributed by atoms with Crippen molar-refractivity contribution >= 4 is 41.5 Å². The number of rotatable bonds is 6. The molecule has 0 aromatic heterocycles. The lowest BCUT2D eigenvalue weighted by atomic mass is 9.84. The standard InChI is InChI=1S/C22H34FN5O2.HI/c1-24-21(26-16-22(8-4-5-9-22)20(29)27(2)3)25-15-17-6-7-19(18(23)14-17)28-10-12-30-13-11-28;/h6-7,14H,4-5,8-13,15-16H2,1-3H3,(H2,24,25,26);1H. The molecule has 0 unspecified atom stereocenters. The third kappa shape index (κ3) is 6.44. The number of ether oxygens (including phenoxy) is 1. The number of halogens is 2. The average molecular weight is 547 g/mol. The maximum Gasteiger partial charge on any atom is 0.230 e. The molecule has 1 amide bonds. The highest BCUT2D eigenvalue weighted by atomic mass is 127. The monoisotopic (exact) mass is 547 g/mol. The van der Waals surface area contributed by atoms with Crippen LogP contribution in [0.2, 0.25) is 0 Å². The first kappa shape index (κ1) is 25.6. The summed E-state index contributed by atoms with van der Waals surface area (Å²) in [6.45, 7) is 3.67. The number of morpholine rings is 1. The van der Waals surface area contributed by atoms with Gasteiger partial charge >= 0.3 is 0 Å². The number of aliphatic imine (C=N–C) groups is 1. The molecule has 0 atom stereocenters. The molecule has 3 rings (SSSR count). The van der Waals surface area contributed by atoms with E-state index in [9.17, 15) is 9.18 Å². The van der Waals surface area contributed by atoms with Crippen molar-refractivity contribution in [2.24, 2.45) is 10.4 Å². The Hall–Kier alpha value is -1.62. The molecule has 1 aliphatic heterocycles. The Bertz CT molecular complexity index is 762. The average Bonchev–Trinajstić information content (AvgIpc) is 3.24. The summed E-state index contributed by atoms with van der Waals surface area (Å²) in [7, 11) is 5.32. The van der Waals surface area contributed by atoms with E-state index in [-0.39, 0.29) is 41.1 Å². The van der Waals surface area contributed by atoms with E-state index in [4.69, 9.17) is 4.74 Å². The fraction of sp³-hybridized carbons (Fsp3) is 0.636. The van der Waals surface area contributed by atoms with Crippen LogP contribution in [0.5, 0.6) is 0 Å². The summed E-state index contributed by atoms with van der Waals surface area (Å²) in [4.78, 5) is 20.7. The molecule has 1 saturated carbocycles. The molecule has 2 N–H and O–H groups in total. The lowest BCUT2D eigenvalue weighted by molar-refractivity contribution is -0.138. The van der Waals surface area contributed by atoms with Gasteiger partial charge in [-0.25, -0.2) is 4.39 Å². The van der Waals surface area contributed by atoms with Crippen LogP contribution < -0.4 is 15.5 Å². The second-order valence-electron chi connectivity index (χ2n) is 8.35. The molecule has 1 heterocycles. The predicted octanol–water partition coefficient (Wildman–Crippen LogP) is 2.59. The highest BCUT2D eigenvalue weighted by Gasteiger charge is 2.42. The first-order chi connectivity index (χ1) is 14.4. The summed E-state index contributed by atoms with van der Waals surface area (Å²) in [5.74, 6) is 0.565. The van der Waals surface area contributed by atoms with E-state index in [1.807, 2.05) is 31.1 Å². The van der Waals surface area contributed by atoms with Crippen molar-refractivity contribution in [2.45, 2.75) is 32.2 Å². The summed E-state index contributed by atoms with van der Waals surface area (Å²) in [6.07, 6.45) is 3.93. The number of nitrogens with one attached hydrogen (secondary N) is 2. The number of amides is 1. The molecule has 1 aromatic rings. The topological polar surface area (TPSA) is 69.2 Å². The van der Waals surface area contributed by atoms with Crippen molar-refractivity contribution in [3.63, 3.8) is 0 Å². The van der Waals surface area contributed by atoms with Crippen LogP contribution in [0, 0.1) is 11.2 Å². The van der Waals surface area contributed by atoms with Gasteiger partial charge in [-0.1, -0.05) is 18.9 Å². The van der Waals surface area contributed by atoms with Crippen LogP contribution in [0.1, 0.15) is 31.2 Å². The minimum absolute atomic E-state index is 0. The molecule has 7 nitrogen and oxygen atoms in total. The van der Waals surface area contributed by atoms with Crippen molar-refractivity contribution in [1.82, 2.24) is 15.5 Å². The minimum atomic E-state index is -0.368. The van der Waals surface area contributed by atoms with E-state index in [2.05, 4.69) is 15.6 Å². The lowest BCUT2D eigenvalue weighted by Gasteiger charge is -2.31. The summed E-state index contributed by atoms with van der Waals surface area (Å²) in [6, 6.07) is 5.33. The number of hydrogen-bond donors (Lipinski definition) is 2. The van der Waals surface area contributed by atoms with Gasteiger partial charge < -0.3 is 25.2 Å². The highest BCUT2D eigenvalue weighted by molar-refractivity contribution is 14.0. The Morgan fingerprint density at radius 3 is 2.48 bits per heavy atom. The van der Waals surface area contributed by atoms with Gasteiger partial charge in [-0.2, -0.15) is 0 Å². The van der Waals surface area contributed by atoms with Gasteiger partial charge in [0, 0.05) is 47.3 Å². The zero-order valence-corrected chi connectivity index (χ0v) is 21.1. The molecule has 1 aliphatic carbocycles. The molecular formula is C22H35FIN5O2. The first-order valence-corrected chi connectivity index (χ1v) is 10.7. The number of nitrogens with zero attached hydrogens (tertiary/aromatic N) is 3. The molecule has 0 bridgehead atoms. The van der Waals surface area contributed by atoms with Crippen molar-refractivity contribution in [2.75, 3.05) is 58.9 Å². The smallest absolute Gasteiger partial charge is 0.230 e. The van der Waals surface area contributed by atoms with Crippen LogP contribution in [0.3, 0.4) is 0 Å². The third-order valence-electron chi connectivity index (χ3n) is 6.06. The predicted molar refractivity (Wildman–Crippen MR) is 133 cm³/mol. The van der Waals surface area contributed by atoms with E-state index < -0.39 is 0 Å². The second-order valence-corrected chi connectivity index (χ2v) is 8.35. The van der Waals surface area contributed by atoms with E-state index in [1.54, 1.807) is 18.0 Å². The molecule has 0 radical (unpaired) electrons. The van der Waals surface area contributed by atoms with Crippen molar-refractivity contribution < 1.29 is 13.9 Å². The van der Waals surface area contributed by atoms with Gasteiger partial charge in [0.15, 0.2) is 5.96 Å². The van der Waals surface area contributed by atoms with E-state index in [0.29, 0.717) is 51.0 Å². The van der Waals surface area contributed by atoms with Crippen LogP contribution >= 0.6 is 24.0 Å². The molecule has 2 aliphatic rings. The van der Waals surface area contributed by atoms with Gasteiger partial charge in [0.05, 0.1) is 24.3 Å². The SMILES string of the molecule is CN=C(NCc1ccc(N2CCOCC2)c(F)c1)NCC1(C(=O)N(C)C)CCCC1.I. The Morgan fingerprint density at radius 1 is 1.23 bits per heavy atom. The molecule has 2 fully saturated rings. The largest absolute Gasteiger partial charge is 0.378 e. The van der Waals surface area contributed by atoms with Gasteiger partial charge in [0.25, 0.3) is 0 Å². The number of benzene rings is 1. The Morgan fingerprint density at radius 2 is 1.90 bits per heavy atom. The molecule has 1 aromatic carbocycles. The summed E-state index contributed by atoms with van der Waals surface area (Å²) in [5.41, 5.74) is 1.09. The molecule has 9 heteroatoms. The number of guanidine groups is 1. The van der Waals surface area contributed by atoms with Gasteiger partial charge in [0.2, 0.25) is 5.91 Å². The van der Waals surface area contributed by atoms with E-state index >= 15 is 0 Å².